The summed E-state index contributed by atoms with van der Waals surface area (Å²) in [5.74, 6) is 1.54. The summed E-state index contributed by atoms with van der Waals surface area (Å²) >= 11 is 0. The van der Waals surface area contributed by atoms with Crippen LogP contribution in [0.2, 0.25) is 0 Å². The van der Waals surface area contributed by atoms with Gasteiger partial charge in [-0.2, -0.15) is 0 Å². The summed E-state index contributed by atoms with van der Waals surface area (Å²) in [7, 11) is 0. The maximum Gasteiger partial charge on any atom is 0.220 e. The molecule has 2 saturated carbocycles. The highest BCUT2D eigenvalue weighted by Crippen LogP contribution is 2.28. The normalized spacial score (nSPS) is 35.9. The van der Waals surface area contributed by atoms with E-state index in [9.17, 15) is 4.79 Å². The van der Waals surface area contributed by atoms with E-state index in [-0.39, 0.29) is 11.9 Å². The van der Waals surface area contributed by atoms with Crippen molar-refractivity contribution in [1.82, 2.24) is 5.32 Å². The van der Waals surface area contributed by atoms with Gasteiger partial charge in [0.2, 0.25) is 5.91 Å². The molecule has 2 aliphatic carbocycles. The Balaban J connectivity index is 1.69. The SMILES string of the molecule is CCC1CCC(NC(=O)CC2CCCCC2N)CC1. The van der Waals surface area contributed by atoms with Crippen LogP contribution in [0.4, 0.5) is 0 Å². The highest BCUT2D eigenvalue weighted by Gasteiger charge is 2.26. The molecule has 3 heteroatoms. The Hall–Kier alpha value is -0.570. The van der Waals surface area contributed by atoms with Crippen molar-refractivity contribution in [1.29, 1.82) is 0 Å². The van der Waals surface area contributed by atoms with Crippen LogP contribution in [-0.4, -0.2) is 18.0 Å². The van der Waals surface area contributed by atoms with Crippen molar-refractivity contribution in [2.45, 2.75) is 83.2 Å². The van der Waals surface area contributed by atoms with Gasteiger partial charge in [0, 0.05) is 18.5 Å². The van der Waals surface area contributed by atoms with Crippen molar-refractivity contribution in [3.8, 4) is 0 Å². The average Bonchev–Trinajstić information content (AvgIpc) is 2.42. The number of carbonyl (C=O) groups excluding carboxylic acids is 1. The maximum atomic E-state index is 12.1. The topological polar surface area (TPSA) is 55.1 Å². The Bertz CT molecular complexity index is 284. The van der Waals surface area contributed by atoms with Crippen LogP contribution in [0.5, 0.6) is 0 Å². The highest BCUT2D eigenvalue weighted by atomic mass is 16.1. The third-order valence-corrected chi connectivity index (χ3v) is 5.20. The van der Waals surface area contributed by atoms with Crippen LogP contribution in [0.15, 0.2) is 0 Å². The highest BCUT2D eigenvalue weighted by molar-refractivity contribution is 5.76. The van der Waals surface area contributed by atoms with Crippen molar-refractivity contribution in [2.24, 2.45) is 17.6 Å². The van der Waals surface area contributed by atoms with Gasteiger partial charge < -0.3 is 11.1 Å². The molecule has 0 aromatic heterocycles. The van der Waals surface area contributed by atoms with Crippen molar-refractivity contribution >= 4 is 5.91 Å². The monoisotopic (exact) mass is 266 g/mol. The molecule has 2 atom stereocenters. The van der Waals surface area contributed by atoms with Gasteiger partial charge in [0.15, 0.2) is 0 Å². The minimum atomic E-state index is 0.238. The molecule has 0 aliphatic heterocycles. The molecular weight excluding hydrogens is 236 g/mol. The lowest BCUT2D eigenvalue weighted by Gasteiger charge is -2.31. The van der Waals surface area contributed by atoms with E-state index in [2.05, 4.69) is 12.2 Å². The summed E-state index contributed by atoms with van der Waals surface area (Å²) in [5.41, 5.74) is 6.12. The Kier molecular flexibility index (Phi) is 5.68. The summed E-state index contributed by atoms with van der Waals surface area (Å²) in [4.78, 5) is 12.1. The molecular formula is C16H30N2O. The van der Waals surface area contributed by atoms with Crippen molar-refractivity contribution in [3.63, 3.8) is 0 Å². The zero-order valence-corrected chi connectivity index (χ0v) is 12.4. The van der Waals surface area contributed by atoms with Gasteiger partial charge in [-0.15, -0.1) is 0 Å². The molecule has 2 rings (SSSR count). The average molecular weight is 266 g/mol. The second kappa shape index (κ2) is 7.28. The van der Waals surface area contributed by atoms with Gasteiger partial charge >= 0.3 is 0 Å². The van der Waals surface area contributed by atoms with Gasteiger partial charge in [0.1, 0.15) is 0 Å². The minimum Gasteiger partial charge on any atom is -0.353 e. The second-order valence-corrected chi connectivity index (χ2v) is 6.61. The van der Waals surface area contributed by atoms with E-state index in [4.69, 9.17) is 5.73 Å². The Labute approximate surface area is 117 Å². The van der Waals surface area contributed by atoms with Crippen molar-refractivity contribution in [3.05, 3.63) is 0 Å². The molecule has 19 heavy (non-hydrogen) atoms. The predicted octanol–water partition coefficient (Wildman–Crippen LogP) is 2.98. The fraction of sp³-hybridized carbons (Fsp3) is 0.938. The van der Waals surface area contributed by atoms with Gasteiger partial charge in [-0.05, 0) is 50.4 Å². The third kappa shape index (κ3) is 4.48. The molecule has 2 unspecified atom stereocenters. The van der Waals surface area contributed by atoms with E-state index >= 15 is 0 Å². The molecule has 110 valence electrons. The first-order valence-corrected chi connectivity index (χ1v) is 8.24. The van der Waals surface area contributed by atoms with Crippen LogP contribution >= 0.6 is 0 Å². The molecule has 0 heterocycles. The molecule has 0 saturated heterocycles. The predicted molar refractivity (Wildman–Crippen MR) is 78.7 cm³/mol. The minimum absolute atomic E-state index is 0.238. The standard InChI is InChI=1S/C16H30N2O/c1-2-12-7-9-14(10-8-12)18-16(19)11-13-5-3-4-6-15(13)17/h12-15H,2-11,17H2,1H3,(H,18,19). The van der Waals surface area contributed by atoms with Gasteiger partial charge in [0.25, 0.3) is 0 Å². The van der Waals surface area contributed by atoms with Crippen LogP contribution in [0.1, 0.15) is 71.1 Å². The number of carbonyl (C=O) groups is 1. The number of amides is 1. The summed E-state index contributed by atoms with van der Waals surface area (Å²) in [6.45, 7) is 2.27. The molecule has 0 aromatic carbocycles. The van der Waals surface area contributed by atoms with Gasteiger partial charge in [0.05, 0.1) is 0 Å². The van der Waals surface area contributed by atoms with Gasteiger partial charge in [-0.1, -0.05) is 26.2 Å². The van der Waals surface area contributed by atoms with E-state index < -0.39 is 0 Å². The number of hydrogen-bond donors (Lipinski definition) is 2. The first kappa shape index (κ1) is 14.8. The zero-order valence-electron chi connectivity index (χ0n) is 12.4. The van der Waals surface area contributed by atoms with Gasteiger partial charge in [-0.25, -0.2) is 0 Å². The van der Waals surface area contributed by atoms with E-state index in [1.54, 1.807) is 0 Å². The molecule has 3 N–H and O–H groups in total. The van der Waals surface area contributed by atoms with Crippen LogP contribution in [0, 0.1) is 11.8 Å². The summed E-state index contributed by atoms with van der Waals surface area (Å²) in [6.07, 6.45) is 11.5. The molecule has 1 amide bonds. The Morgan fingerprint density at radius 3 is 2.42 bits per heavy atom. The van der Waals surface area contributed by atoms with Crippen LogP contribution in [0.3, 0.4) is 0 Å². The first-order valence-electron chi connectivity index (χ1n) is 8.24. The lowest BCUT2D eigenvalue weighted by molar-refractivity contribution is -0.123. The summed E-state index contributed by atoms with van der Waals surface area (Å²) < 4.78 is 0. The molecule has 2 aliphatic rings. The number of hydrogen-bond acceptors (Lipinski definition) is 2. The van der Waals surface area contributed by atoms with Crippen LogP contribution in [-0.2, 0) is 4.79 Å². The van der Waals surface area contributed by atoms with E-state index in [1.165, 1.54) is 44.9 Å². The lowest BCUT2D eigenvalue weighted by atomic mass is 9.82. The number of nitrogens with two attached hydrogens (primary N) is 1. The van der Waals surface area contributed by atoms with Crippen LogP contribution < -0.4 is 11.1 Å². The molecule has 0 spiro atoms. The molecule has 3 nitrogen and oxygen atoms in total. The summed E-state index contributed by atoms with van der Waals surface area (Å²) in [6, 6.07) is 0.672. The van der Waals surface area contributed by atoms with Gasteiger partial charge in [-0.3, -0.25) is 4.79 Å². The molecule has 2 fully saturated rings. The Morgan fingerprint density at radius 1 is 1.11 bits per heavy atom. The largest absolute Gasteiger partial charge is 0.353 e. The molecule has 0 aromatic rings. The van der Waals surface area contributed by atoms with E-state index in [1.807, 2.05) is 0 Å². The number of nitrogens with one attached hydrogen (secondary N) is 1. The maximum absolute atomic E-state index is 12.1. The Morgan fingerprint density at radius 2 is 1.79 bits per heavy atom. The summed E-state index contributed by atoms with van der Waals surface area (Å²) in [5, 5.41) is 3.24. The fourth-order valence-corrected chi connectivity index (χ4v) is 3.73. The van der Waals surface area contributed by atoms with Crippen molar-refractivity contribution < 1.29 is 4.79 Å². The first-order chi connectivity index (χ1) is 9.19. The van der Waals surface area contributed by atoms with E-state index in [0.717, 1.165) is 18.8 Å². The van der Waals surface area contributed by atoms with Crippen molar-refractivity contribution in [2.75, 3.05) is 0 Å². The van der Waals surface area contributed by atoms with E-state index in [0.29, 0.717) is 18.4 Å². The number of rotatable bonds is 4. The second-order valence-electron chi connectivity index (χ2n) is 6.61. The quantitative estimate of drug-likeness (QED) is 0.822. The molecule has 0 radical (unpaired) electrons. The molecule has 0 bridgehead atoms. The van der Waals surface area contributed by atoms with Crippen LogP contribution in [0.25, 0.3) is 0 Å². The fourth-order valence-electron chi connectivity index (χ4n) is 3.73. The lowest BCUT2D eigenvalue weighted by Crippen LogP contribution is -2.41. The zero-order chi connectivity index (χ0) is 13.7. The smallest absolute Gasteiger partial charge is 0.220 e. The third-order valence-electron chi connectivity index (χ3n) is 5.20.